The number of anilines is 1. The van der Waals surface area contributed by atoms with Crippen LogP contribution in [0.4, 0.5) is 5.69 Å². The van der Waals surface area contributed by atoms with Crippen LogP contribution >= 0.6 is 0 Å². The van der Waals surface area contributed by atoms with Gasteiger partial charge in [0.05, 0.1) is 17.4 Å². The number of primary amides is 1. The summed E-state index contributed by atoms with van der Waals surface area (Å²) in [5.74, 6) is -0.437. The van der Waals surface area contributed by atoms with Crippen molar-refractivity contribution >= 4 is 11.6 Å². The Labute approximate surface area is 70.8 Å². The van der Waals surface area contributed by atoms with Crippen LogP contribution in [0.1, 0.15) is 17.3 Å². The number of hydrogen-bond donors (Lipinski definition) is 2. The fraction of sp³-hybridized carbons (Fsp3) is 0.250. The molecule has 1 rings (SSSR count). The lowest BCUT2D eigenvalue weighted by molar-refractivity contribution is 0.100. The SMILES string of the molecule is CCNc1cnccc1C(N)=O. The highest BCUT2D eigenvalue weighted by atomic mass is 16.1. The first-order valence-corrected chi connectivity index (χ1v) is 3.73. The molecular formula is C8H11N3O. The molecule has 0 atom stereocenters. The van der Waals surface area contributed by atoms with Crippen LogP contribution in [0.5, 0.6) is 0 Å². The number of amides is 1. The highest BCUT2D eigenvalue weighted by Crippen LogP contribution is 2.11. The van der Waals surface area contributed by atoms with E-state index in [-0.39, 0.29) is 0 Å². The zero-order chi connectivity index (χ0) is 8.97. The molecule has 0 aliphatic rings. The molecule has 0 bridgehead atoms. The van der Waals surface area contributed by atoms with Crippen LogP contribution in [0.25, 0.3) is 0 Å². The summed E-state index contributed by atoms with van der Waals surface area (Å²) in [5, 5.41) is 2.99. The van der Waals surface area contributed by atoms with Gasteiger partial charge in [-0.25, -0.2) is 0 Å². The monoisotopic (exact) mass is 165 g/mol. The van der Waals surface area contributed by atoms with E-state index in [4.69, 9.17) is 5.73 Å². The van der Waals surface area contributed by atoms with Crippen LogP contribution in [0.15, 0.2) is 18.5 Å². The van der Waals surface area contributed by atoms with Gasteiger partial charge in [0.1, 0.15) is 0 Å². The van der Waals surface area contributed by atoms with E-state index < -0.39 is 5.91 Å². The van der Waals surface area contributed by atoms with Gasteiger partial charge in [0.15, 0.2) is 0 Å². The van der Waals surface area contributed by atoms with Crippen molar-refractivity contribution < 1.29 is 4.79 Å². The summed E-state index contributed by atoms with van der Waals surface area (Å²) in [5.41, 5.74) is 6.30. The predicted molar refractivity (Wildman–Crippen MR) is 46.9 cm³/mol. The van der Waals surface area contributed by atoms with Crippen molar-refractivity contribution in [1.82, 2.24) is 4.98 Å². The molecule has 4 nitrogen and oxygen atoms in total. The zero-order valence-corrected chi connectivity index (χ0v) is 6.87. The molecule has 0 saturated carbocycles. The van der Waals surface area contributed by atoms with E-state index in [1.165, 1.54) is 0 Å². The molecule has 0 aliphatic carbocycles. The summed E-state index contributed by atoms with van der Waals surface area (Å²) in [6.45, 7) is 2.68. The number of nitrogens with one attached hydrogen (secondary N) is 1. The average molecular weight is 165 g/mol. The van der Waals surface area contributed by atoms with Crippen molar-refractivity contribution in [3.8, 4) is 0 Å². The summed E-state index contributed by atoms with van der Waals surface area (Å²) in [6.07, 6.45) is 3.13. The van der Waals surface area contributed by atoms with Gasteiger partial charge in [0.25, 0.3) is 5.91 Å². The lowest BCUT2D eigenvalue weighted by atomic mass is 10.2. The summed E-state index contributed by atoms with van der Waals surface area (Å²) in [4.78, 5) is 14.7. The molecule has 0 radical (unpaired) electrons. The molecule has 0 aliphatic heterocycles. The first-order chi connectivity index (χ1) is 5.75. The third kappa shape index (κ3) is 1.72. The van der Waals surface area contributed by atoms with E-state index in [1.54, 1.807) is 18.5 Å². The zero-order valence-electron chi connectivity index (χ0n) is 6.87. The van der Waals surface area contributed by atoms with Crippen molar-refractivity contribution in [1.29, 1.82) is 0 Å². The Morgan fingerprint density at radius 2 is 2.50 bits per heavy atom. The van der Waals surface area contributed by atoms with Gasteiger partial charge in [-0.1, -0.05) is 0 Å². The molecule has 0 fully saturated rings. The minimum Gasteiger partial charge on any atom is -0.383 e. The van der Waals surface area contributed by atoms with E-state index in [1.807, 2.05) is 6.92 Å². The minimum absolute atomic E-state index is 0.437. The van der Waals surface area contributed by atoms with E-state index in [9.17, 15) is 4.79 Å². The quantitative estimate of drug-likeness (QED) is 0.689. The predicted octanol–water partition coefficient (Wildman–Crippen LogP) is 0.612. The topological polar surface area (TPSA) is 68.0 Å². The molecule has 0 unspecified atom stereocenters. The summed E-state index contributed by atoms with van der Waals surface area (Å²) >= 11 is 0. The average Bonchev–Trinajstić information content (AvgIpc) is 2.05. The maximum atomic E-state index is 10.9. The highest BCUT2D eigenvalue weighted by molar-refractivity contribution is 5.98. The Morgan fingerprint density at radius 1 is 1.75 bits per heavy atom. The normalized spacial score (nSPS) is 9.42. The summed E-state index contributed by atoms with van der Waals surface area (Å²) in [6, 6.07) is 1.60. The Balaban J connectivity index is 3.00. The molecule has 1 aromatic rings. The largest absolute Gasteiger partial charge is 0.383 e. The van der Waals surface area contributed by atoms with Crippen molar-refractivity contribution in [2.75, 3.05) is 11.9 Å². The molecule has 0 spiro atoms. The molecule has 4 heteroatoms. The van der Waals surface area contributed by atoms with Crippen LogP contribution in [0, 0.1) is 0 Å². The maximum absolute atomic E-state index is 10.9. The second-order valence-corrected chi connectivity index (χ2v) is 2.32. The maximum Gasteiger partial charge on any atom is 0.250 e. The molecule has 1 aromatic heterocycles. The third-order valence-corrected chi connectivity index (χ3v) is 1.45. The van der Waals surface area contributed by atoms with Crippen molar-refractivity contribution in [2.24, 2.45) is 5.73 Å². The fourth-order valence-corrected chi connectivity index (χ4v) is 0.941. The number of nitrogens with two attached hydrogens (primary N) is 1. The molecule has 0 saturated heterocycles. The van der Waals surface area contributed by atoms with Gasteiger partial charge in [0, 0.05) is 12.7 Å². The van der Waals surface area contributed by atoms with Gasteiger partial charge in [-0.15, -0.1) is 0 Å². The summed E-state index contributed by atoms with van der Waals surface area (Å²) in [7, 11) is 0. The Bertz CT molecular complexity index is 285. The molecule has 3 N–H and O–H groups in total. The highest BCUT2D eigenvalue weighted by Gasteiger charge is 2.05. The second kappa shape index (κ2) is 3.71. The molecule has 12 heavy (non-hydrogen) atoms. The Morgan fingerprint density at radius 3 is 3.08 bits per heavy atom. The van der Waals surface area contributed by atoms with Gasteiger partial charge >= 0.3 is 0 Å². The third-order valence-electron chi connectivity index (χ3n) is 1.45. The van der Waals surface area contributed by atoms with Gasteiger partial charge in [-0.05, 0) is 13.0 Å². The van der Waals surface area contributed by atoms with Crippen LogP contribution in [-0.4, -0.2) is 17.4 Å². The molecule has 0 aromatic carbocycles. The van der Waals surface area contributed by atoms with E-state index in [0.717, 1.165) is 6.54 Å². The van der Waals surface area contributed by atoms with Gasteiger partial charge in [-0.2, -0.15) is 0 Å². The number of pyridine rings is 1. The van der Waals surface area contributed by atoms with Crippen LogP contribution in [0.2, 0.25) is 0 Å². The van der Waals surface area contributed by atoms with E-state index >= 15 is 0 Å². The lowest BCUT2D eigenvalue weighted by Crippen LogP contribution is -2.14. The van der Waals surface area contributed by atoms with E-state index in [2.05, 4.69) is 10.3 Å². The van der Waals surface area contributed by atoms with Gasteiger partial charge in [-0.3, -0.25) is 9.78 Å². The Hall–Kier alpha value is -1.58. The van der Waals surface area contributed by atoms with Crippen molar-refractivity contribution in [3.05, 3.63) is 24.0 Å². The van der Waals surface area contributed by atoms with Crippen molar-refractivity contribution in [3.63, 3.8) is 0 Å². The number of aromatic nitrogens is 1. The number of hydrogen-bond acceptors (Lipinski definition) is 3. The summed E-state index contributed by atoms with van der Waals surface area (Å²) < 4.78 is 0. The Kier molecular flexibility index (Phi) is 2.63. The van der Waals surface area contributed by atoms with Crippen LogP contribution in [0.3, 0.4) is 0 Å². The van der Waals surface area contributed by atoms with Crippen LogP contribution in [-0.2, 0) is 0 Å². The first kappa shape index (κ1) is 8.52. The molecule has 1 amide bonds. The lowest BCUT2D eigenvalue weighted by Gasteiger charge is -2.05. The van der Waals surface area contributed by atoms with Crippen molar-refractivity contribution in [2.45, 2.75) is 6.92 Å². The van der Waals surface area contributed by atoms with E-state index in [0.29, 0.717) is 11.3 Å². The number of nitrogens with zero attached hydrogens (tertiary/aromatic N) is 1. The molecule has 64 valence electrons. The van der Waals surface area contributed by atoms with Crippen LogP contribution < -0.4 is 11.1 Å². The smallest absolute Gasteiger partial charge is 0.250 e. The molecular weight excluding hydrogens is 154 g/mol. The fourth-order valence-electron chi connectivity index (χ4n) is 0.941. The molecule has 1 heterocycles. The second-order valence-electron chi connectivity index (χ2n) is 2.32. The van der Waals surface area contributed by atoms with Gasteiger partial charge in [0.2, 0.25) is 0 Å². The first-order valence-electron chi connectivity index (χ1n) is 3.73. The minimum atomic E-state index is -0.437. The van der Waals surface area contributed by atoms with Gasteiger partial charge < -0.3 is 11.1 Å². The standard InChI is InChI=1S/C8H11N3O/c1-2-11-7-5-10-4-3-6(7)8(9)12/h3-5,11H,2H2,1H3,(H2,9,12). The number of carbonyl (C=O) groups excluding carboxylic acids is 1. The number of carbonyl (C=O) groups is 1. The number of rotatable bonds is 3.